The number of nitro groups is 1. The zero-order valence-corrected chi connectivity index (χ0v) is 25.5. The fourth-order valence-electron chi connectivity index (χ4n) is 4.71. The van der Waals surface area contributed by atoms with Gasteiger partial charge in [-0.25, -0.2) is 0 Å². The van der Waals surface area contributed by atoms with Gasteiger partial charge in [0.15, 0.2) is 0 Å². The smallest absolute Gasteiger partial charge is 0.491 e. The normalized spacial score (nSPS) is 21.4. The number of benzene rings is 2. The Bertz CT molecular complexity index is 1310. The van der Waals surface area contributed by atoms with E-state index in [1.807, 2.05) is 59.7 Å². The minimum atomic E-state index is -0.982. The fourth-order valence-corrected chi connectivity index (χ4v) is 4.71. The van der Waals surface area contributed by atoms with Gasteiger partial charge in [0.25, 0.3) is 0 Å². The second-order valence-electron chi connectivity index (χ2n) is 13.0. The fraction of sp³-hybridized carbons (Fsp3) is 0.552. The van der Waals surface area contributed by atoms with Gasteiger partial charge in [-0.1, -0.05) is 24.3 Å². The third kappa shape index (κ3) is 6.98. The summed E-state index contributed by atoms with van der Waals surface area (Å²) in [5.41, 5.74) is 0.0935. The molecule has 0 spiro atoms. The summed E-state index contributed by atoms with van der Waals surface area (Å²) in [6, 6.07) is 10.7. The number of ether oxygens (including phenoxy) is 2. The summed E-state index contributed by atoms with van der Waals surface area (Å²) in [5.74, 6) is 1.18. The molecule has 0 aromatic heterocycles. The van der Waals surface area contributed by atoms with Gasteiger partial charge in [0.1, 0.15) is 37.1 Å². The van der Waals surface area contributed by atoms with Crippen molar-refractivity contribution in [2.24, 2.45) is 0 Å². The highest BCUT2D eigenvalue weighted by atomic mass is 16.7. The lowest BCUT2D eigenvalue weighted by atomic mass is 9.75. The van der Waals surface area contributed by atoms with E-state index in [0.717, 1.165) is 17.3 Å². The first-order valence-corrected chi connectivity index (χ1v) is 13.9. The Kier molecular flexibility index (Phi) is 8.84. The van der Waals surface area contributed by atoms with Crippen LogP contribution in [0.1, 0.15) is 77.4 Å². The monoisotopic (exact) mass is 583 g/mol. The molecule has 0 amide bonds. The lowest BCUT2D eigenvalue weighted by Gasteiger charge is -2.32. The molecule has 3 aliphatic heterocycles. The molecule has 3 aliphatic rings. The van der Waals surface area contributed by atoms with E-state index in [0.29, 0.717) is 29.1 Å². The first-order chi connectivity index (χ1) is 19.4. The topological polar surface area (TPSA) is 136 Å². The molecule has 1 N–H and O–H groups in total. The van der Waals surface area contributed by atoms with E-state index < -0.39 is 42.7 Å². The number of carbonyl (C=O) groups is 1. The highest BCUT2D eigenvalue weighted by Gasteiger charge is 2.53. The van der Waals surface area contributed by atoms with Crippen LogP contribution in [0.4, 0.5) is 0 Å². The van der Waals surface area contributed by atoms with Gasteiger partial charge in [-0.05, 0) is 73.1 Å². The summed E-state index contributed by atoms with van der Waals surface area (Å²) in [6.45, 7) is 15.2. The molecule has 3 heterocycles. The highest BCUT2D eigenvalue weighted by molar-refractivity contribution is 6.65. The number of aldehydes is 1. The van der Waals surface area contributed by atoms with Crippen LogP contribution in [0.2, 0.25) is 0 Å². The van der Waals surface area contributed by atoms with Gasteiger partial charge in [0.2, 0.25) is 6.54 Å². The van der Waals surface area contributed by atoms with Crippen LogP contribution < -0.4 is 20.4 Å². The van der Waals surface area contributed by atoms with Gasteiger partial charge in [-0.15, -0.1) is 0 Å². The largest absolute Gasteiger partial charge is 0.499 e. The molecular formula is C29H39B2NO10. The molecule has 1 atom stereocenters. The van der Waals surface area contributed by atoms with E-state index in [2.05, 4.69) is 0 Å². The lowest BCUT2D eigenvalue weighted by molar-refractivity contribution is -0.490. The van der Waals surface area contributed by atoms with Crippen LogP contribution in [-0.4, -0.2) is 72.7 Å². The molecule has 1 unspecified atom stereocenters. The van der Waals surface area contributed by atoms with Gasteiger partial charge in [0.05, 0.1) is 22.4 Å². The van der Waals surface area contributed by atoms with Crippen molar-refractivity contribution >= 4 is 31.4 Å². The molecule has 13 heteroatoms. The van der Waals surface area contributed by atoms with Gasteiger partial charge in [-0.2, -0.15) is 0 Å². The predicted molar refractivity (Wildman–Crippen MR) is 158 cm³/mol. The minimum Gasteiger partial charge on any atom is -0.491 e. The van der Waals surface area contributed by atoms with E-state index in [1.165, 1.54) is 0 Å². The van der Waals surface area contributed by atoms with Crippen LogP contribution in [0.3, 0.4) is 0 Å². The number of nitrogens with zero attached hydrogens (tertiary/aromatic N) is 1. The molecule has 226 valence electrons. The second kappa shape index (κ2) is 11.6. The van der Waals surface area contributed by atoms with Crippen molar-refractivity contribution < 1.29 is 42.9 Å². The molecule has 0 saturated carbocycles. The molecule has 2 aromatic rings. The van der Waals surface area contributed by atoms with Crippen molar-refractivity contribution in [2.75, 3.05) is 19.8 Å². The SMILES string of the molecule is CC(C)(O)COc1cccc(C=O)c1B1OC(C)(C)C(C)(C)O1.CC1(C)COc2cccc3c2B(OC3C[N+](=O)[O-])O1. The number of hydrogen-bond acceptors (Lipinski definition) is 10. The zero-order valence-electron chi connectivity index (χ0n) is 25.5. The molecule has 11 nitrogen and oxygen atoms in total. The molecule has 2 aromatic carbocycles. The van der Waals surface area contributed by atoms with Crippen molar-refractivity contribution in [3.8, 4) is 11.5 Å². The Morgan fingerprint density at radius 1 is 1.02 bits per heavy atom. The Balaban J connectivity index is 0.000000196. The maximum absolute atomic E-state index is 11.4. The Morgan fingerprint density at radius 2 is 1.67 bits per heavy atom. The van der Waals surface area contributed by atoms with Crippen molar-refractivity contribution in [3.63, 3.8) is 0 Å². The average Bonchev–Trinajstić information content (AvgIpc) is 3.26. The molecule has 5 rings (SSSR count). The summed E-state index contributed by atoms with van der Waals surface area (Å²) in [6.07, 6.45) is 0.185. The third-order valence-electron chi connectivity index (χ3n) is 7.58. The van der Waals surface area contributed by atoms with Crippen LogP contribution in [0, 0.1) is 10.1 Å². The minimum absolute atomic E-state index is 0.0990. The van der Waals surface area contributed by atoms with E-state index in [-0.39, 0.29) is 18.1 Å². The van der Waals surface area contributed by atoms with Crippen LogP contribution in [0.15, 0.2) is 36.4 Å². The number of carbonyl (C=O) groups excluding carboxylic acids is 1. The third-order valence-corrected chi connectivity index (χ3v) is 7.58. The first kappa shape index (κ1) is 32.0. The molecular weight excluding hydrogens is 544 g/mol. The van der Waals surface area contributed by atoms with Crippen molar-refractivity contribution in [1.29, 1.82) is 0 Å². The summed E-state index contributed by atoms with van der Waals surface area (Å²) in [5, 5.41) is 20.6. The maximum Gasteiger partial charge on any atom is 0.499 e. The average molecular weight is 583 g/mol. The predicted octanol–water partition coefficient (Wildman–Crippen LogP) is 2.87. The van der Waals surface area contributed by atoms with Crippen LogP contribution in [0.25, 0.3) is 0 Å². The molecule has 0 radical (unpaired) electrons. The van der Waals surface area contributed by atoms with Crippen LogP contribution >= 0.6 is 0 Å². The van der Waals surface area contributed by atoms with E-state index >= 15 is 0 Å². The second-order valence-corrected chi connectivity index (χ2v) is 13.0. The number of rotatable bonds is 7. The molecule has 0 aliphatic carbocycles. The standard InChI is InChI=1S/C17H25BO5.C12H14BNO5/c1-15(2,20)11-21-13-9-7-8-12(10-19)14(13)18-22-16(3,4)17(5,6)23-18;1-12(2)7-17-9-5-3-4-8-10(6-14(15)16)18-13(19-12)11(8)9/h7-10,20H,11H2,1-6H3;3-5,10H,6-7H2,1-2H3. The zero-order chi connectivity index (χ0) is 31.1. The summed E-state index contributed by atoms with van der Waals surface area (Å²) in [7, 11) is -1.29. The molecule has 1 saturated heterocycles. The van der Waals surface area contributed by atoms with Gasteiger partial charge in [-0.3, -0.25) is 14.9 Å². The molecule has 0 bridgehead atoms. The quantitative estimate of drug-likeness (QED) is 0.224. The van der Waals surface area contributed by atoms with Crippen LogP contribution in [-0.2, 0) is 18.6 Å². The number of aliphatic hydroxyl groups is 1. The maximum atomic E-state index is 11.4. The Hall–Kier alpha value is -2.96. The molecule has 42 heavy (non-hydrogen) atoms. The van der Waals surface area contributed by atoms with E-state index in [4.69, 9.17) is 28.1 Å². The number of hydrogen-bond donors (Lipinski definition) is 1. The van der Waals surface area contributed by atoms with Crippen molar-refractivity contribution in [2.45, 2.75) is 83.9 Å². The van der Waals surface area contributed by atoms with E-state index in [9.17, 15) is 20.0 Å². The van der Waals surface area contributed by atoms with E-state index in [1.54, 1.807) is 32.0 Å². The van der Waals surface area contributed by atoms with Gasteiger partial charge < -0.3 is 33.2 Å². The van der Waals surface area contributed by atoms with Crippen molar-refractivity contribution in [1.82, 2.24) is 0 Å². The lowest BCUT2D eigenvalue weighted by Crippen LogP contribution is -2.41. The van der Waals surface area contributed by atoms with Gasteiger partial charge >= 0.3 is 14.2 Å². The van der Waals surface area contributed by atoms with Gasteiger partial charge in [0, 0.05) is 21.4 Å². The Labute approximate surface area is 247 Å². The summed E-state index contributed by atoms with van der Waals surface area (Å²) >= 11 is 0. The highest BCUT2D eigenvalue weighted by Crippen LogP contribution is 2.37. The first-order valence-electron chi connectivity index (χ1n) is 13.9. The summed E-state index contributed by atoms with van der Waals surface area (Å²) in [4.78, 5) is 21.8. The Morgan fingerprint density at radius 3 is 2.26 bits per heavy atom. The van der Waals surface area contributed by atoms with Crippen molar-refractivity contribution in [3.05, 3.63) is 57.6 Å². The molecule has 1 fully saturated rings. The summed E-state index contributed by atoms with van der Waals surface area (Å²) < 4.78 is 35.1. The van der Waals surface area contributed by atoms with Crippen LogP contribution in [0.5, 0.6) is 11.5 Å².